The molecule has 2 nitrogen and oxygen atoms in total. The van der Waals surface area contributed by atoms with Gasteiger partial charge < -0.3 is 10.6 Å². The van der Waals surface area contributed by atoms with Crippen LogP contribution in [-0.2, 0) is 19.4 Å². The van der Waals surface area contributed by atoms with Crippen LogP contribution in [0.25, 0.3) is 0 Å². The Morgan fingerprint density at radius 2 is 1.90 bits per heavy atom. The first kappa shape index (κ1) is 13.2. The van der Waals surface area contributed by atoms with Gasteiger partial charge in [0.15, 0.2) is 0 Å². The Morgan fingerprint density at radius 1 is 1.05 bits per heavy atom. The second-order valence-corrected chi connectivity index (χ2v) is 5.48. The van der Waals surface area contributed by atoms with E-state index in [1.807, 2.05) is 0 Å². The third-order valence-electron chi connectivity index (χ3n) is 4.08. The fraction of sp³-hybridized carbons (Fsp3) is 0.333. The minimum Gasteiger partial charge on any atom is -0.384 e. The third kappa shape index (κ3) is 2.86. The van der Waals surface area contributed by atoms with Crippen molar-refractivity contribution in [3.8, 4) is 0 Å². The lowest BCUT2D eigenvalue weighted by Gasteiger charge is -2.11. The summed E-state index contributed by atoms with van der Waals surface area (Å²) in [5, 5.41) is 7.06. The van der Waals surface area contributed by atoms with Gasteiger partial charge in [-0.2, -0.15) is 0 Å². The van der Waals surface area contributed by atoms with E-state index in [1.165, 1.54) is 27.9 Å². The Kier molecular flexibility index (Phi) is 4.03. The molecule has 0 amide bonds. The second-order valence-electron chi connectivity index (χ2n) is 5.48. The number of para-hydroxylation sites is 1. The molecule has 0 unspecified atom stereocenters. The molecule has 2 heteroatoms. The number of hydrogen-bond donors (Lipinski definition) is 2. The van der Waals surface area contributed by atoms with Crippen molar-refractivity contribution in [2.24, 2.45) is 0 Å². The van der Waals surface area contributed by atoms with E-state index in [2.05, 4.69) is 60.0 Å². The van der Waals surface area contributed by atoms with Gasteiger partial charge >= 0.3 is 0 Å². The van der Waals surface area contributed by atoms with Crippen LogP contribution in [-0.4, -0.2) is 13.1 Å². The molecular weight excluding hydrogens is 244 g/mol. The number of fused-ring (bicyclic) bond motifs is 1. The molecule has 1 aliphatic heterocycles. The molecule has 0 aliphatic carbocycles. The van der Waals surface area contributed by atoms with E-state index in [0.717, 1.165) is 32.5 Å². The maximum Gasteiger partial charge on any atom is 0.0419 e. The van der Waals surface area contributed by atoms with Gasteiger partial charge in [-0.1, -0.05) is 42.5 Å². The van der Waals surface area contributed by atoms with E-state index < -0.39 is 0 Å². The van der Waals surface area contributed by atoms with Gasteiger partial charge in [0.2, 0.25) is 0 Å². The van der Waals surface area contributed by atoms with Crippen LogP contribution < -0.4 is 10.6 Å². The molecule has 0 saturated heterocycles. The van der Waals surface area contributed by atoms with Gasteiger partial charge in [0.1, 0.15) is 0 Å². The average Bonchev–Trinajstić information content (AvgIpc) is 2.94. The Balaban J connectivity index is 1.54. The van der Waals surface area contributed by atoms with Crippen LogP contribution in [0.3, 0.4) is 0 Å². The molecule has 0 radical (unpaired) electrons. The quantitative estimate of drug-likeness (QED) is 0.811. The maximum atomic E-state index is 3.57. The Hall–Kier alpha value is -1.80. The highest BCUT2D eigenvalue weighted by Crippen LogP contribution is 2.26. The van der Waals surface area contributed by atoms with Gasteiger partial charge in [-0.3, -0.25) is 0 Å². The van der Waals surface area contributed by atoms with Gasteiger partial charge in [0.25, 0.3) is 0 Å². The van der Waals surface area contributed by atoms with E-state index >= 15 is 0 Å². The highest BCUT2D eigenvalue weighted by molar-refractivity contribution is 5.61. The summed E-state index contributed by atoms with van der Waals surface area (Å²) < 4.78 is 0. The van der Waals surface area contributed by atoms with Gasteiger partial charge in [-0.05, 0) is 48.6 Å². The van der Waals surface area contributed by atoms with Crippen molar-refractivity contribution in [1.82, 2.24) is 5.32 Å². The summed E-state index contributed by atoms with van der Waals surface area (Å²) in [5.41, 5.74) is 7.04. The molecule has 2 aromatic carbocycles. The van der Waals surface area contributed by atoms with Crippen molar-refractivity contribution >= 4 is 5.69 Å². The number of hydrogen-bond acceptors (Lipinski definition) is 2. The Labute approximate surface area is 121 Å². The van der Waals surface area contributed by atoms with Crippen LogP contribution in [0.4, 0.5) is 5.69 Å². The maximum absolute atomic E-state index is 3.57. The average molecular weight is 266 g/mol. The first-order valence-corrected chi connectivity index (χ1v) is 7.44. The Morgan fingerprint density at radius 3 is 2.80 bits per heavy atom. The first-order chi connectivity index (χ1) is 9.84. The monoisotopic (exact) mass is 266 g/mol. The molecule has 0 spiro atoms. The lowest BCUT2D eigenvalue weighted by molar-refractivity contribution is 0.686. The minimum atomic E-state index is 0.946. The zero-order chi connectivity index (χ0) is 13.8. The van der Waals surface area contributed by atoms with Crippen LogP contribution in [0.1, 0.15) is 22.3 Å². The highest BCUT2D eigenvalue weighted by atomic mass is 14.9. The molecule has 104 valence electrons. The second kappa shape index (κ2) is 6.10. The lowest BCUT2D eigenvalue weighted by Crippen LogP contribution is -2.17. The van der Waals surface area contributed by atoms with E-state index in [1.54, 1.807) is 0 Å². The number of rotatable bonds is 5. The molecule has 0 aromatic heterocycles. The van der Waals surface area contributed by atoms with E-state index in [0.29, 0.717) is 0 Å². The predicted octanol–water partition coefficient (Wildman–Crippen LogP) is 3.30. The molecule has 3 rings (SSSR count). The summed E-state index contributed by atoms with van der Waals surface area (Å²) in [6.07, 6.45) is 2.25. The van der Waals surface area contributed by atoms with Crippen molar-refractivity contribution < 1.29 is 0 Å². The van der Waals surface area contributed by atoms with Crippen LogP contribution in [0, 0.1) is 6.92 Å². The SMILES string of the molecule is Cc1ccccc1CCNCc1cccc2c1NCC2. The fourth-order valence-electron chi connectivity index (χ4n) is 2.89. The summed E-state index contributed by atoms with van der Waals surface area (Å²) >= 11 is 0. The van der Waals surface area contributed by atoms with Gasteiger partial charge in [0.05, 0.1) is 0 Å². The summed E-state index contributed by atoms with van der Waals surface area (Å²) in [6.45, 7) is 5.23. The van der Waals surface area contributed by atoms with Gasteiger partial charge in [-0.25, -0.2) is 0 Å². The van der Waals surface area contributed by atoms with E-state index in [4.69, 9.17) is 0 Å². The zero-order valence-corrected chi connectivity index (χ0v) is 12.1. The fourth-order valence-corrected chi connectivity index (χ4v) is 2.89. The molecule has 2 aromatic rings. The molecule has 20 heavy (non-hydrogen) atoms. The number of anilines is 1. The molecule has 0 saturated carbocycles. The number of nitrogens with one attached hydrogen (secondary N) is 2. The molecule has 0 fully saturated rings. The summed E-state index contributed by atoms with van der Waals surface area (Å²) in [7, 11) is 0. The zero-order valence-electron chi connectivity index (χ0n) is 12.1. The smallest absolute Gasteiger partial charge is 0.0419 e. The minimum absolute atomic E-state index is 0.946. The van der Waals surface area contributed by atoms with Gasteiger partial charge in [-0.15, -0.1) is 0 Å². The Bertz CT molecular complexity index is 590. The van der Waals surface area contributed by atoms with Crippen LogP contribution in [0.5, 0.6) is 0 Å². The summed E-state index contributed by atoms with van der Waals surface area (Å²) in [6, 6.07) is 15.2. The van der Waals surface area contributed by atoms with Crippen molar-refractivity contribution in [3.63, 3.8) is 0 Å². The van der Waals surface area contributed by atoms with Crippen molar-refractivity contribution in [1.29, 1.82) is 0 Å². The van der Waals surface area contributed by atoms with Crippen molar-refractivity contribution in [2.45, 2.75) is 26.3 Å². The normalized spacial score (nSPS) is 13.1. The van der Waals surface area contributed by atoms with E-state index in [-0.39, 0.29) is 0 Å². The standard InChI is InChI=1S/C18H22N2/c1-14-5-2-3-6-15(14)9-11-19-13-17-8-4-7-16-10-12-20-18(16)17/h2-8,19-20H,9-13H2,1H3. The third-order valence-corrected chi connectivity index (χ3v) is 4.08. The lowest BCUT2D eigenvalue weighted by atomic mass is 10.1. The number of benzene rings is 2. The molecule has 1 heterocycles. The van der Waals surface area contributed by atoms with Gasteiger partial charge in [0, 0.05) is 18.8 Å². The molecule has 0 atom stereocenters. The molecular formula is C18H22N2. The van der Waals surface area contributed by atoms with Crippen molar-refractivity contribution in [2.75, 3.05) is 18.4 Å². The topological polar surface area (TPSA) is 24.1 Å². The predicted molar refractivity (Wildman–Crippen MR) is 85.2 cm³/mol. The molecule has 0 bridgehead atoms. The first-order valence-electron chi connectivity index (χ1n) is 7.44. The van der Waals surface area contributed by atoms with Crippen LogP contribution >= 0.6 is 0 Å². The van der Waals surface area contributed by atoms with Crippen LogP contribution in [0.2, 0.25) is 0 Å². The summed E-state index contributed by atoms with van der Waals surface area (Å²) in [4.78, 5) is 0. The van der Waals surface area contributed by atoms with E-state index in [9.17, 15) is 0 Å². The molecule has 1 aliphatic rings. The number of aryl methyl sites for hydroxylation is 1. The summed E-state index contributed by atoms with van der Waals surface area (Å²) in [5.74, 6) is 0. The van der Waals surface area contributed by atoms with Crippen LogP contribution in [0.15, 0.2) is 42.5 Å². The van der Waals surface area contributed by atoms with Crippen molar-refractivity contribution in [3.05, 3.63) is 64.7 Å². The largest absolute Gasteiger partial charge is 0.384 e. The highest BCUT2D eigenvalue weighted by Gasteiger charge is 2.12. The molecule has 2 N–H and O–H groups in total.